The molecule has 0 spiro atoms. The van der Waals surface area contributed by atoms with E-state index in [0.717, 1.165) is 18.4 Å². The summed E-state index contributed by atoms with van der Waals surface area (Å²) in [6.07, 6.45) is 8.11. The van der Waals surface area contributed by atoms with Gasteiger partial charge in [-0.15, -0.1) is 0 Å². The zero-order valence-corrected chi connectivity index (χ0v) is 10.5. The van der Waals surface area contributed by atoms with Crippen LogP contribution in [0.1, 0.15) is 36.0 Å². The summed E-state index contributed by atoms with van der Waals surface area (Å²) < 4.78 is 1.71. The van der Waals surface area contributed by atoms with Gasteiger partial charge in [0, 0.05) is 31.2 Å². The van der Waals surface area contributed by atoms with E-state index in [-0.39, 0.29) is 5.92 Å². The Kier molecular flexibility index (Phi) is 2.54. The summed E-state index contributed by atoms with van der Waals surface area (Å²) in [7, 11) is 4.06. The van der Waals surface area contributed by atoms with Crippen LogP contribution in [0.25, 0.3) is 0 Å². The van der Waals surface area contributed by atoms with E-state index in [1.54, 1.807) is 10.9 Å². The SMILES string of the molecule is CN1C2CCC1CC(C(=O)c1cnn(C)c1)C2. The molecule has 2 aliphatic heterocycles. The highest BCUT2D eigenvalue weighted by Gasteiger charge is 2.41. The van der Waals surface area contributed by atoms with Gasteiger partial charge in [-0.2, -0.15) is 5.10 Å². The van der Waals surface area contributed by atoms with Gasteiger partial charge < -0.3 is 4.90 Å². The minimum atomic E-state index is 0.216. The maximum Gasteiger partial charge on any atom is 0.169 e. The fourth-order valence-corrected chi connectivity index (χ4v) is 3.41. The number of hydrogen-bond donors (Lipinski definition) is 0. The second kappa shape index (κ2) is 3.95. The second-order valence-corrected chi connectivity index (χ2v) is 5.49. The average Bonchev–Trinajstić information content (AvgIpc) is 2.79. The van der Waals surface area contributed by atoms with Crippen LogP contribution >= 0.6 is 0 Å². The number of Topliss-reactive ketones (excluding diaryl/α,β-unsaturated/α-hetero) is 1. The van der Waals surface area contributed by atoms with Crippen LogP contribution in [0.5, 0.6) is 0 Å². The molecule has 0 saturated carbocycles. The van der Waals surface area contributed by atoms with Gasteiger partial charge in [0.2, 0.25) is 0 Å². The zero-order valence-electron chi connectivity index (χ0n) is 10.5. The predicted molar refractivity (Wildman–Crippen MR) is 64.8 cm³/mol. The Morgan fingerprint density at radius 2 is 1.94 bits per heavy atom. The second-order valence-electron chi connectivity index (χ2n) is 5.49. The van der Waals surface area contributed by atoms with Crippen molar-refractivity contribution in [1.29, 1.82) is 0 Å². The van der Waals surface area contributed by atoms with E-state index in [1.165, 1.54) is 12.8 Å². The number of carbonyl (C=O) groups excluding carboxylic acids is 1. The van der Waals surface area contributed by atoms with E-state index in [4.69, 9.17) is 0 Å². The summed E-state index contributed by atoms with van der Waals surface area (Å²) in [4.78, 5) is 14.8. The third-order valence-electron chi connectivity index (χ3n) is 4.46. The van der Waals surface area contributed by atoms with Crippen LogP contribution in [0.3, 0.4) is 0 Å². The van der Waals surface area contributed by atoms with E-state index in [1.807, 2.05) is 13.2 Å². The lowest BCUT2D eigenvalue weighted by atomic mass is 9.86. The lowest BCUT2D eigenvalue weighted by Crippen LogP contribution is -2.42. The summed E-state index contributed by atoms with van der Waals surface area (Å²) in [5.74, 6) is 0.510. The fraction of sp³-hybridized carbons (Fsp3) is 0.692. The van der Waals surface area contributed by atoms with Crippen molar-refractivity contribution in [3.8, 4) is 0 Å². The highest BCUT2D eigenvalue weighted by atomic mass is 16.1. The molecule has 0 aliphatic carbocycles. The normalized spacial score (nSPS) is 32.9. The standard InChI is InChI=1S/C13H19N3O/c1-15-8-10(7-14-15)13(17)9-5-11-3-4-12(6-9)16(11)2/h7-9,11-12H,3-6H2,1-2H3. The maximum atomic E-state index is 12.4. The molecule has 17 heavy (non-hydrogen) atoms. The van der Waals surface area contributed by atoms with Gasteiger partial charge in [-0.3, -0.25) is 9.48 Å². The number of hydrogen-bond acceptors (Lipinski definition) is 3. The van der Waals surface area contributed by atoms with Gasteiger partial charge in [-0.1, -0.05) is 0 Å². The summed E-state index contributed by atoms with van der Waals surface area (Å²) in [6.45, 7) is 0. The molecular weight excluding hydrogens is 214 g/mol. The van der Waals surface area contributed by atoms with Crippen molar-refractivity contribution in [2.75, 3.05) is 7.05 Å². The number of ketones is 1. The Balaban J connectivity index is 1.76. The summed E-state index contributed by atoms with van der Waals surface area (Å²) in [5.41, 5.74) is 0.779. The monoisotopic (exact) mass is 233 g/mol. The van der Waals surface area contributed by atoms with E-state index in [0.29, 0.717) is 17.9 Å². The molecular formula is C13H19N3O. The Labute approximate surface area is 102 Å². The molecule has 2 bridgehead atoms. The Morgan fingerprint density at radius 3 is 2.47 bits per heavy atom. The van der Waals surface area contributed by atoms with Crippen molar-refractivity contribution >= 4 is 5.78 Å². The Bertz CT molecular complexity index is 426. The lowest BCUT2D eigenvalue weighted by Gasteiger charge is -2.35. The van der Waals surface area contributed by atoms with Crippen molar-refractivity contribution in [1.82, 2.24) is 14.7 Å². The molecule has 0 N–H and O–H groups in total. The predicted octanol–water partition coefficient (Wildman–Crippen LogP) is 1.48. The Hall–Kier alpha value is -1.16. The molecule has 2 unspecified atom stereocenters. The number of aryl methyl sites for hydroxylation is 1. The fourth-order valence-electron chi connectivity index (χ4n) is 3.41. The molecule has 0 amide bonds. The smallest absolute Gasteiger partial charge is 0.169 e. The molecule has 2 fully saturated rings. The van der Waals surface area contributed by atoms with E-state index in [2.05, 4.69) is 17.0 Å². The van der Waals surface area contributed by atoms with Crippen LogP contribution in [0.15, 0.2) is 12.4 Å². The molecule has 0 radical (unpaired) electrons. The molecule has 2 aliphatic rings. The van der Waals surface area contributed by atoms with Gasteiger partial charge in [-0.05, 0) is 32.7 Å². The zero-order chi connectivity index (χ0) is 12.0. The topological polar surface area (TPSA) is 38.1 Å². The van der Waals surface area contributed by atoms with Gasteiger partial charge in [0.1, 0.15) is 0 Å². The van der Waals surface area contributed by atoms with Crippen LogP contribution in [0.2, 0.25) is 0 Å². The minimum absolute atomic E-state index is 0.216. The summed E-state index contributed by atoms with van der Waals surface area (Å²) in [5, 5.41) is 4.09. The summed E-state index contributed by atoms with van der Waals surface area (Å²) in [6, 6.07) is 1.25. The average molecular weight is 233 g/mol. The van der Waals surface area contributed by atoms with E-state index >= 15 is 0 Å². The number of fused-ring (bicyclic) bond motifs is 2. The van der Waals surface area contributed by atoms with Crippen molar-refractivity contribution in [3.05, 3.63) is 18.0 Å². The molecule has 0 aromatic carbocycles. The number of nitrogens with zero attached hydrogens (tertiary/aromatic N) is 3. The number of aromatic nitrogens is 2. The minimum Gasteiger partial charge on any atom is -0.300 e. The van der Waals surface area contributed by atoms with Gasteiger partial charge in [0.25, 0.3) is 0 Å². The van der Waals surface area contributed by atoms with Crippen LogP contribution in [0.4, 0.5) is 0 Å². The molecule has 2 atom stereocenters. The lowest BCUT2D eigenvalue weighted by molar-refractivity contribution is 0.0767. The van der Waals surface area contributed by atoms with Crippen molar-refractivity contribution < 1.29 is 4.79 Å². The number of piperidine rings is 1. The Morgan fingerprint density at radius 1 is 1.29 bits per heavy atom. The first kappa shape index (κ1) is 11.0. The van der Waals surface area contributed by atoms with Crippen molar-refractivity contribution in [2.45, 2.75) is 37.8 Å². The molecule has 1 aromatic heterocycles. The highest BCUT2D eigenvalue weighted by molar-refractivity contribution is 5.97. The van der Waals surface area contributed by atoms with Crippen molar-refractivity contribution in [3.63, 3.8) is 0 Å². The maximum absolute atomic E-state index is 12.4. The number of rotatable bonds is 2. The van der Waals surface area contributed by atoms with Crippen molar-refractivity contribution in [2.24, 2.45) is 13.0 Å². The first-order valence-corrected chi connectivity index (χ1v) is 6.40. The van der Waals surface area contributed by atoms with Gasteiger partial charge >= 0.3 is 0 Å². The number of carbonyl (C=O) groups is 1. The van der Waals surface area contributed by atoms with Gasteiger partial charge in [0.15, 0.2) is 5.78 Å². The summed E-state index contributed by atoms with van der Waals surface area (Å²) >= 11 is 0. The third kappa shape index (κ3) is 1.80. The van der Waals surface area contributed by atoms with Gasteiger partial charge in [0.05, 0.1) is 11.8 Å². The van der Waals surface area contributed by atoms with E-state index < -0.39 is 0 Å². The van der Waals surface area contributed by atoms with Crippen LogP contribution in [0, 0.1) is 5.92 Å². The first-order valence-electron chi connectivity index (χ1n) is 6.40. The van der Waals surface area contributed by atoms with E-state index in [9.17, 15) is 4.79 Å². The van der Waals surface area contributed by atoms with Crippen LogP contribution < -0.4 is 0 Å². The van der Waals surface area contributed by atoms with Crippen LogP contribution in [-0.2, 0) is 7.05 Å². The quantitative estimate of drug-likeness (QED) is 0.726. The van der Waals surface area contributed by atoms with Gasteiger partial charge in [-0.25, -0.2) is 0 Å². The highest BCUT2D eigenvalue weighted by Crippen LogP contribution is 2.38. The largest absolute Gasteiger partial charge is 0.300 e. The molecule has 3 rings (SSSR count). The molecule has 4 heteroatoms. The third-order valence-corrected chi connectivity index (χ3v) is 4.46. The molecule has 3 heterocycles. The first-order chi connectivity index (χ1) is 8.15. The van der Waals surface area contributed by atoms with Crippen LogP contribution in [-0.4, -0.2) is 39.6 Å². The molecule has 1 aromatic rings. The molecule has 92 valence electrons. The molecule has 2 saturated heterocycles. The molecule has 4 nitrogen and oxygen atoms in total.